The molecule has 1 heterocycles. The molecule has 0 aliphatic heterocycles. The minimum atomic E-state index is -0.460. The van der Waals surface area contributed by atoms with Crippen LogP contribution in [0.5, 0.6) is 0 Å². The number of non-ortho nitro benzene ring substituents is 1. The van der Waals surface area contributed by atoms with Gasteiger partial charge in [-0.15, -0.1) is 0 Å². The van der Waals surface area contributed by atoms with Gasteiger partial charge in [0.05, 0.1) is 11.5 Å². The zero-order valence-corrected chi connectivity index (χ0v) is 9.08. The number of rotatable bonds is 4. The van der Waals surface area contributed by atoms with E-state index in [2.05, 4.69) is 15.5 Å². The molecule has 0 saturated carbocycles. The second-order valence-corrected chi connectivity index (χ2v) is 3.35. The first kappa shape index (κ1) is 11.2. The van der Waals surface area contributed by atoms with E-state index in [0.717, 1.165) is 0 Å². The summed E-state index contributed by atoms with van der Waals surface area (Å²) in [6.45, 7) is 0.460. The van der Waals surface area contributed by atoms with Crippen LogP contribution in [0.15, 0.2) is 28.8 Å². The van der Waals surface area contributed by atoms with E-state index in [0.29, 0.717) is 23.8 Å². The summed E-state index contributed by atoms with van der Waals surface area (Å²) in [4.78, 5) is 14.3. The van der Waals surface area contributed by atoms with Crippen LogP contribution in [-0.2, 0) is 6.54 Å². The standard InChI is InChI=1S/C10H10N4O3/c1-11-6-9-12-10(13-17-9)7-3-2-4-8(5-7)14(15)16/h2-5,11H,6H2,1H3. The molecule has 0 fully saturated rings. The lowest BCUT2D eigenvalue weighted by Gasteiger charge is -1.94. The highest BCUT2D eigenvalue weighted by atomic mass is 16.6. The molecule has 0 aliphatic carbocycles. The summed E-state index contributed by atoms with van der Waals surface area (Å²) in [7, 11) is 1.76. The van der Waals surface area contributed by atoms with E-state index in [1.807, 2.05) is 0 Å². The number of nitro groups is 1. The average Bonchev–Trinajstić information content (AvgIpc) is 2.78. The topological polar surface area (TPSA) is 94.1 Å². The SMILES string of the molecule is CNCc1nc(-c2cccc([N+](=O)[O-])c2)no1. The number of aromatic nitrogens is 2. The smallest absolute Gasteiger partial charge is 0.270 e. The molecular formula is C10H10N4O3. The van der Waals surface area contributed by atoms with Crippen molar-refractivity contribution in [1.29, 1.82) is 0 Å². The van der Waals surface area contributed by atoms with Crippen molar-refractivity contribution in [2.75, 3.05) is 7.05 Å². The van der Waals surface area contributed by atoms with E-state index in [4.69, 9.17) is 4.52 Å². The Hall–Kier alpha value is -2.28. The highest BCUT2D eigenvalue weighted by Crippen LogP contribution is 2.21. The molecular weight excluding hydrogens is 224 g/mol. The lowest BCUT2D eigenvalue weighted by molar-refractivity contribution is -0.384. The van der Waals surface area contributed by atoms with E-state index >= 15 is 0 Å². The van der Waals surface area contributed by atoms with Crippen LogP contribution in [-0.4, -0.2) is 22.1 Å². The summed E-state index contributed by atoms with van der Waals surface area (Å²) >= 11 is 0. The summed E-state index contributed by atoms with van der Waals surface area (Å²) in [6.07, 6.45) is 0. The molecule has 0 atom stereocenters. The molecule has 2 aromatic rings. The fraction of sp³-hybridized carbons (Fsp3) is 0.200. The molecule has 0 amide bonds. The van der Waals surface area contributed by atoms with Gasteiger partial charge in [-0.05, 0) is 7.05 Å². The molecule has 17 heavy (non-hydrogen) atoms. The molecule has 7 nitrogen and oxygen atoms in total. The molecule has 2 rings (SSSR count). The molecule has 0 radical (unpaired) electrons. The Balaban J connectivity index is 2.32. The molecule has 88 valence electrons. The summed E-state index contributed by atoms with van der Waals surface area (Å²) in [5, 5.41) is 17.3. The van der Waals surface area contributed by atoms with Crippen molar-refractivity contribution >= 4 is 5.69 Å². The van der Waals surface area contributed by atoms with Crippen LogP contribution in [0.4, 0.5) is 5.69 Å². The summed E-state index contributed by atoms with van der Waals surface area (Å²) in [5.74, 6) is 0.785. The highest BCUT2D eigenvalue weighted by Gasteiger charge is 2.11. The first-order valence-corrected chi connectivity index (χ1v) is 4.92. The molecule has 7 heteroatoms. The lowest BCUT2D eigenvalue weighted by Crippen LogP contribution is -2.04. The number of benzene rings is 1. The van der Waals surface area contributed by atoms with Gasteiger partial charge < -0.3 is 9.84 Å². The molecule has 1 N–H and O–H groups in total. The molecule has 1 aromatic carbocycles. The van der Waals surface area contributed by atoms with Gasteiger partial charge in [-0.25, -0.2) is 0 Å². The van der Waals surface area contributed by atoms with Crippen LogP contribution in [0.2, 0.25) is 0 Å². The zero-order valence-electron chi connectivity index (χ0n) is 9.08. The monoisotopic (exact) mass is 234 g/mol. The van der Waals surface area contributed by atoms with E-state index in [1.165, 1.54) is 12.1 Å². The first-order valence-electron chi connectivity index (χ1n) is 4.92. The maximum atomic E-state index is 10.6. The number of hydrogen-bond acceptors (Lipinski definition) is 6. The van der Waals surface area contributed by atoms with Crippen LogP contribution in [0.3, 0.4) is 0 Å². The van der Waals surface area contributed by atoms with Gasteiger partial charge in [0.15, 0.2) is 0 Å². The third kappa shape index (κ3) is 2.45. The minimum Gasteiger partial charge on any atom is -0.338 e. The Morgan fingerprint density at radius 2 is 2.35 bits per heavy atom. The predicted molar refractivity (Wildman–Crippen MR) is 59.2 cm³/mol. The number of hydrogen-bond donors (Lipinski definition) is 1. The normalized spacial score (nSPS) is 10.4. The van der Waals surface area contributed by atoms with Crippen molar-refractivity contribution in [2.24, 2.45) is 0 Å². The van der Waals surface area contributed by atoms with Crippen LogP contribution in [0.1, 0.15) is 5.89 Å². The van der Waals surface area contributed by atoms with Crippen molar-refractivity contribution in [1.82, 2.24) is 15.5 Å². The number of nitrogens with one attached hydrogen (secondary N) is 1. The Morgan fingerprint density at radius 3 is 3.06 bits per heavy atom. The Bertz CT molecular complexity index is 538. The summed E-state index contributed by atoms with van der Waals surface area (Å²) < 4.78 is 4.97. The molecule has 0 saturated heterocycles. The van der Waals surface area contributed by atoms with Crippen LogP contribution < -0.4 is 5.32 Å². The third-order valence-electron chi connectivity index (χ3n) is 2.11. The zero-order chi connectivity index (χ0) is 12.3. The molecule has 1 aromatic heterocycles. The molecule has 0 spiro atoms. The second kappa shape index (κ2) is 4.71. The van der Waals surface area contributed by atoms with E-state index in [1.54, 1.807) is 19.2 Å². The van der Waals surface area contributed by atoms with Crippen LogP contribution >= 0.6 is 0 Å². The third-order valence-corrected chi connectivity index (χ3v) is 2.11. The van der Waals surface area contributed by atoms with Gasteiger partial charge in [0.2, 0.25) is 11.7 Å². The quantitative estimate of drug-likeness (QED) is 0.634. The summed E-state index contributed by atoms with van der Waals surface area (Å²) in [6, 6.07) is 6.11. The van der Waals surface area contributed by atoms with Crippen molar-refractivity contribution in [3.63, 3.8) is 0 Å². The van der Waals surface area contributed by atoms with E-state index < -0.39 is 4.92 Å². The summed E-state index contributed by atoms with van der Waals surface area (Å²) in [5.41, 5.74) is 0.563. The fourth-order valence-electron chi connectivity index (χ4n) is 1.35. The first-order chi connectivity index (χ1) is 8.20. The van der Waals surface area contributed by atoms with E-state index in [9.17, 15) is 10.1 Å². The van der Waals surface area contributed by atoms with Gasteiger partial charge in [-0.3, -0.25) is 10.1 Å². The van der Waals surface area contributed by atoms with Crippen LogP contribution in [0, 0.1) is 10.1 Å². The van der Waals surface area contributed by atoms with Gasteiger partial charge in [0, 0.05) is 17.7 Å². The second-order valence-electron chi connectivity index (χ2n) is 3.35. The molecule has 0 bridgehead atoms. The van der Waals surface area contributed by atoms with Crippen molar-refractivity contribution < 1.29 is 9.45 Å². The maximum Gasteiger partial charge on any atom is 0.270 e. The molecule has 0 unspecified atom stereocenters. The van der Waals surface area contributed by atoms with E-state index in [-0.39, 0.29) is 5.69 Å². The molecule has 0 aliphatic rings. The van der Waals surface area contributed by atoms with Gasteiger partial charge in [0.25, 0.3) is 5.69 Å². The van der Waals surface area contributed by atoms with Gasteiger partial charge in [0.1, 0.15) is 0 Å². The van der Waals surface area contributed by atoms with Crippen molar-refractivity contribution in [3.8, 4) is 11.4 Å². The fourth-order valence-corrected chi connectivity index (χ4v) is 1.35. The van der Waals surface area contributed by atoms with Crippen molar-refractivity contribution in [3.05, 3.63) is 40.3 Å². The lowest BCUT2D eigenvalue weighted by atomic mass is 10.2. The van der Waals surface area contributed by atoms with Gasteiger partial charge in [-0.2, -0.15) is 4.98 Å². The van der Waals surface area contributed by atoms with Gasteiger partial charge >= 0.3 is 0 Å². The maximum absolute atomic E-state index is 10.6. The van der Waals surface area contributed by atoms with Crippen LogP contribution in [0.25, 0.3) is 11.4 Å². The van der Waals surface area contributed by atoms with Crippen molar-refractivity contribution in [2.45, 2.75) is 6.54 Å². The van der Waals surface area contributed by atoms with Gasteiger partial charge in [-0.1, -0.05) is 17.3 Å². The Kier molecular flexibility index (Phi) is 3.10. The average molecular weight is 234 g/mol. The predicted octanol–water partition coefficient (Wildman–Crippen LogP) is 1.36. The number of nitrogens with zero attached hydrogens (tertiary/aromatic N) is 3. The highest BCUT2D eigenvalue weighted by molar-refractivity contribution is 5.58. The largest absolute Gasteiger partial charge is 0.338 e. The minimum absolute atomic E-state index is 0.00228. The number of nitro benzene ring substituents is 1. The Labute approximate surface area is 96.6 Å². The Morgan fingerprint density at radius 1 is 1.53 bits per heavy atom.